The maximum Gasteiger partial charge on any atom is -0.00323 e. The molecule has 0 radical (unpaired) electrons. The fourth-order valence-electron chi connectivity index (χ4n) is 2.67. The molecule has 3 rings (SSSR count). The lowest BCUT2D eigenvalue weighted by atomic mass is 10.0. The lowest BCUT2D eigenvalue weighted by molar-refractivity contribution is 1.39. The van der Waals surface area contributed by atoms with Gasteiger partial charge in [0.15, 0.2) is 0 Å². The molecule has 102 valence electrons. The highest BCUT2D eigenvalue weighted by Crippen LogP contribution is 2.31. The molecule has 1 aliphatic rings. The van der Waals surface area contributed by atoms with Crippen LogP contribution in [0.4, 0.5) is 0 Å². The van der Waals surface area contributed by atoms with E-state index < -0.39 is 0 Å². The van der Waals surface area contributed by atoms with Crippen LogP contribution in [0.2, 0.25) is 0 Å². The van der Waals surface area contributed by atoms with Crippen LogP contribution in [0.3, 0.4) is 0 Å². The zero-order valence-electron chi connectivity index (χ0n) is 12.8. The van der Waals surface area contributed by atoms with Gasteiger partial charge in [-0.2, -0.15) is 0 Å². The quantitative estimate of drug-likeness (QED) is 0.720. The van der Waals surface area contributed by atoms with E-state index in [1.165, 1.54) is 33.1 Å². The Hall–Kier alpha value is -2.08. The molecule has 0 amide bonds. The Morgan fingerprint density at radius 2 is 1.45 bits per heavy atom. The minimum Gasteiger partial charge on any atom is -0.0911 e. The number of rotatable bonds is 1. The molecular weight excluding hydrogens is 240 g/mol. The largest absolute Gasteiger partial charge is 0.0911 e. The van der Waals surface area contributed by atoms with E-state index in [1.54, 1.807) is 0 Å². The SMILES string of the molecule is C=c1cccc2c1=C(C=C(C)C)c1ccccc1-2.CC. The number of hydrogen-bond acceptors (Lipinski definition) is 0. The fourth-order valence-corrected chi connectivity index (χ4v) is 2.67. The lowest BCUT2D eigenvalue weighted by Gasteiger charge is -2.02. The molecular formula is C20H22. The zero-order chi connectivity index (χ0) is 14.7. The second-order valence-corrected chi connectivity index (χ2v) is 5.02. The standard InChI is InChI=1S/C18H16.C2H6/c1-12(2)11-17-15-9-5-4-8-14(15)16-10-6-7-13(3)18(16)17;1-2/h4-11H,3H2,1-2H3;1-2H3. The van der Waals surface area contributed by atoms with Crippen molar-refractivity contribution in [3.8, 4) is 11.1 Å². The number of fused-ring (bicyclic) bond motifs is 3. The van der Waals surface area contributed by atoms with E-state index in [-0.39, 0.29) is 0 Å². The van der Waals surface area contributed by atoms with Crippen LogP contribution in [0.5, 0.6) is 0 Å². The summed E-state index contributed by atoms with van der Waals surface area (Å²) < 4.78 is 0. The number of hydrogen-bond donors (Lipinski definition) is 0. The molecule has 0 saturated carbocycles. The van der Waals surface area contributed by atoms with Crippen molar-refractivity contribution in [2.45, 2.75) is 27.7 Å². The monoisotopic (exact) mass is 262 g/mol. The molecule has 0 bridgehead atoms. The van der Waals surface area contributed by atoms with E-state index in [1.807, 2.05) is 13.8 Å². The minimum atomic E-state index is 1.11. The van der Waals surface area contributed by atoms with E-state index in [2.05, 4.69) is 69.0 Å². The zero-order valence-corrected chi connectivity index (χ0v) is 12.8. The molecule has 20 heavy (non-hydrogen) atoms. The first-order valence-electron chi connectivity index (χ1n) is 7.25. The molecule has 0 heterocycles. The summed E-state index contributed by atoms with van der Waals surface area (Å²) in [5, 5.41) is 2.40. The minimum absolute atomic E-state index is 1.11. The molecule has 0 spiro atoms. The third-order valence-electron chi connectivity index (χ3n) is 3.36. The van der Waals surface area contributed by atoms with Crippen LogP contribution in [0, 0.1) is 0 Å². The molecule has 0 saturated heterocycles. The first kappa shape index (κ1) is 14.3. The Balaban J connectivity index is 0.000000704. The van der Waals surface area contributed by atoms with Crippen molar-refractivity contribution in [1.82, 2.24) is 0 Å². The number of benzene rings is 2. The van der Waals surface area contributed by atoms with E-state index >= 15 is 0 Å². The van der Waals surface area contributed by atoms with Gasteiger partial charge in [0.05, 0.1) is 0 Å². The molecule has 0 fully saturated rings. The van der Waals surface area contributed by atoms with Gasteiger partial charge < -0.3 is 0 Å². The van der Waals surface area contributed by atoms with Crippen LogP contribution in [0.15, 0.2) is 54.1 Å². The first-order chi connectivity index (χ1) is 9.68. The van der Waals surface area contributed by atoms with E-state index in [0.717, 1.165) is 5.22 Å². The molecule has 0 atom stereocenters. The highest BCUT2D eigenvalue weighted by atomic mass is 14.2. The second-order valence-electron chi connectivity index (χ2n) is 5.02. The summed E-state index contributed by atoms with van der Waals surface area (Å²) in [4.78, 5) is 0. The first-order valence-corrected chi connectivity index (χ1v) is 7.25. The van der Waals surface area contributed by atoms with Crippen LogP contribution in [-0.4, -0.2) is 0 Å². The van der Waals surface area contributed by atoms with Gasteiger partial charge in [-0.15, -0.1) is 0 Å². The van der Waals surface area contributed by atoms with Crippen molar-refractivity contribution in [2.24, 2.45) is 0 Å². The Bertz CT molecular complexity index is 757. The lowest BCUT2D eigenvalue weighted by Crippen LogP contribution is -2.24. The molecule has 0 unspecified atom stereocenters. The normalized spacial score (nSPS) is 11.1. The van der Waals surface area contributed by atoms with Crippen molar-refractivity contribution in [3.05, 3.63) is 70.1 Å². The van der Waals surface area contributed by atoms with Gasteiger partial charge in [-0.1, -0.05) is 74.5 Å². The Morgan fingerprint density at radius 1 is 0.850 bits per heavy atom. The molecule has 0 aliphatic heterocycles. The maximum atomic E-state index is 4.18. The smallest absolute Gasteiger partial charge is 0.00323 e. The maximum absolute atomic E-state index is 4.18. The third-order valence-corrected chi connectivity index (χ3v) is 3.36. The predicted octanol–water partition coefficient (Wildman–Crippen LogP) is 4.27. The highest BCUT2D eigenvalue weighted by Gasteiger charge is 2.17. The van der Waals surface area contributed by atoms with Crippen LogP contribution in [0.1, 0.15) is 33.3 Å². The Labute approximate surface area is 121 Å². The molecule has 0 nitrogen and oxygen atoms in total. The van der Waals surface area contributed by atoms with Gasteiger partial charge in [0.2, 0.25) is 0 Å². The van der Waals surface area contributed by atoms with E-state index in [9.17, 15) is 0 Å². The van der Waals surface area contributed by atoms with Crippen molar-refractivity contribution < 1.29 is 0 Å². The highest BCUT2D eigenvalue weighted by molar-refractivity contribution is 5.93. The van der Waals surface area contributed by atoms with Gasteiger partial charge in [-0.05, 0) is 46.5 Å². The van der Waals surface area contributed by atoms with Crippen LogP contribution < -0.4 is 10.4 Å². The summed E-state index contributed by atoms with van der Waals surface area (Å²) in [6.07, 6.45) is 2.26. The summed E-state index contributed by atoms with van der Waals surface area (Å²) in [5.41, 5.74) is 6.59. The van der Waals surface area contributed by atoms with Crippen molar-refractivity contribution in [3.63, 3.8) is 0 Å². The molecule has 2 aromatic rings. The predicted molar refractivity (Wildman–Crippen MR) is 89.9 cm³/mol. The molecule has 2 aromatic carbocycles. The summed E-state index contributed by atoms with van der Waals surface area (Å²) >= 11 is 0. The summed E-state index contributed by atoms with van der Waals surface area (Å²) in [6, 6.07) is 15.0. The molecule has 0 N–H and O–H groups in total. The number of allylic oxidation sites excluding steroid dienone is 2. The summed E-state index contributed by atoms with van der Waals surface area (Å²) in [7, 11) is 0. The molecule has 1 aliphatic carbocycles. The van der Waals surface area contributed by atoms with Gasteiger partial charge in [-0.25, -0.2) is 0 Å². The van der Waals surface area contributed by atoms with Gasteiger partial charge in [0, 0.05) is 0 Å². The van der Waals surface area contributed by atoms with Gasteiger partial charge in [-0.3, -0.25) is 0 Å². The van der Waals surface area contributed by atoms with E-state index in [4.69, 9.17) is 0 Å². The average molecular weight is 262 g/mol. The van der Waals surface area contributed by atoms with Gasteiger partial charge in [0.1, 0.15) is 0 Å². The Morgan fingerprint density at radius 3 is 2.10 bits per heavy atom. The topological polar surface area (TPSA) is 0 Å². The van der Waals surface area contributed by atoms with Crippen LogP contribution in [0.25, 0.3) is 23.3 Å². The fraction of sp³-hybridized carbons (Fsp3) is 0.200. The van der Waals surface area contributed by atoms with Crippen molar-refractivity contribution in [1.29, 1.82) is 0 Å². The molecule has 0 heteroatoms. The van der Waals surface area contributed by atoms with Gasteiger partial charge >= 0.3 is 0 Å². The summed E-state index contributed by atoms with van der Waals surface area (Å²) in [5.74, 6) is 0. The van der Waals surface area contributed by atoms with Gasteiger partial charge in [0.25, 0.3) is 0 Å². The van der Waals surface area contributed by atoms with E-state index in [0.29, 0.717) is 0 Å². The molecule has 0 aromatic heterocycles. The van der Waals surface area contributed by atoms with Crippen LogP contribution >= 0.6 is 0 Å². The third kappa shape index (κ3) is 2.34. The second kappa shape index (κ2) is 5.92. The van der Waals surface area contributed by atoms with Crippen LogP contribution in [-0.2, 0) is 0 Å². The van der Waals surface area contributed by atoms with Crippen molar-refractivity contribution in [2.75, 3.05) is 0 Å². The summed E-state index contributed by atoms with van der Waals surface area (Å²) in [6.45, 7) is 12.5. The average Bonchev–Trinajstić information content (AvgIpc) is 2.77. The Kier molecular flexibility index (Phi) is 4.24. The van der Waals surface area contributed by atoms with Crippen molar-refractivity contribution >= 4 is 12.2 Å².